The van der Waals surface area contributed by atoms with Crippen LogP contribution in [0.15, 0.2) is 42.9 Å². The average molecular weight is 308 g/mol. The molecule has 0 aliphatic carbocycles. The van der Waals surface area contributed by atoms with Crippen molar-refractivity contribution in [2.45, 2.75) is 18.9 Å². The number of carbonyl (C=O) groups excluding carboxylic acids is 1. The van der Waals surface area contributed by atoms with Crippen molar-refractivity contribution in [2.24, 2.45) is 14.1 Å². The lowest BCUT2D eigenvalue weighted by molar-refractivity contribution is 0.0737. The molecule has 1 amide bonds. The van der Waals surface area contributed by atoms with Gasteiger partial charge in [-0.1, -0.05) is 18.2 Å². The number of nitrogens with zero attached hydrogens (tertiary/aromatic N) is 4. The lowest BCUT2D eigenvalue weighted by Gasteiger charge is -2.23. The zero-order valence-electron chi connectivity index (χ0n) is 13.4. The second-order valence-electron chi connectivity index (χ2n) is 6.27. The Morgan fingerprint density at radius 2 is 2.04 bits per heavy atom. The monoisotopic (exact) mass is 308 g/mol. The minimum absolute atomic E-state index is 0.119. The molecule has 1 atom stereocenters. The molecule has 118 valence electrons. The predicted octanol–water partition coefficient (Wildman–Crippen LogP) is 2.89. The molecule has 4 rings (SSSR count). The number of rotatable bonds is 2. The Bertz CT molecular complexity index is 876. The molecule has 0 radical (unpaired) electrons. The molecule has 1 aromatic carbocycles. The number of aryl methyl sites for hydroxylation is 2. The first-order valence-electron chi connectivity index (χ1n) is 7.99. The molecule has 0 saturated carbocycles. The third-order valence-corrected chi connectivity index (χ3v) is 4.75. The summed E-state index contributed by atoms with van der Waals surface area (Å²) in [6, 6.07) is 8.20. The van der Waals surface area contributed by atoms with Crippen molar-refractivity contribution in [3.05, 3.63) is 54.0 Å². The number of carbonyl (C=O) groups is 1. The molecule has 1 saturated heterocycles. The Morgan fingerprint density at radius 1 is 1.22 bits per heavy atom. The van der Waals surface area contributed by atoms with Crippen molar-refractivity contribution in [3.63, 3.8) is 0 Å². The molecule has 3 heterocycles. The minimum Gasteiger partial charge on any atom is -0.350 e. The summed E-state index contributed by atoms with van der Waals surface area (Å²) < 4.78 is 3.83. The fourth-order valence-corrected chi connectivity index (χ4v) is 3.64. The van der Waals surface area contributed by atoms with Gasteiger partial charge < -0.3 is 9.47 Å². The summed E-state index contributed by atoms with van der Waals surface area (Å²) in [5.41, 5.74) is 3.01. The van der Waals surface area contributed by atoms with Crippen LogP contribution >= 0.6 is 0 Å². The van der Waals surface area contributed by atoms with Crippen molar-refractivity contribution in [3.8, 4) is 0 Å². The van der Waals surface area contributed by atoms with Crippen LogP contribution in [0.4, 0.5) is 0 Å². The summed E-state index contributed by atoms with van der Waals surface area (Å²) in [4.78, 5) is 15.1. The van der Waals surface area contributed by atoms with Crippen molar-refractivity contribution in [2.75, 3.05) is 6.54 Å². The van der Waals surface area contributed by atoms with Crippen LogP contribution in [0.25, 0.3) is 10.9 Å². The molecule has 1 aliphatic rings. The van der Waals surface area contributed by atoms with Gasteiger partial charge in [-0.15, -0.1) is 0 Å². The highest BCUT2D eigenvalue weighted by molar-refractivity contribution is 6.07. The SMILES string of the molecule is Cn1cc([C@@H]2CCCN2C(=O)c2cn(C)c3ccccc23)cn1. The summed E-state index contributed by atoms with van der Waals surface area (Å²) in [7, 11) is 3.90. The molecule has 5 nitrogen and oxygen atoms in total. The number of likely N-dealkylation sites (tertiary alicyclic amines) is 1. The van der Waals surface area contributed by atoms with Gasteiger partial charge in [-0.3, -0.25) is 9.48 Å². The van der Waals surface area contributed by atoms with Crippen LogP contribution < -0.4 is 0 Å². The lowest BCUT2D eigenvalue weighted by Crippen LogP contribution is -2.30. The Hall–Kier alpha value is -2.56. The number of hydrogen-bond donors (Lipinski definition) is 0. The third kappa shape index (κ3) is 2.23. The number of hydrogen-bond acceptors (Lipinski definition) is 2. The molecule has 0 spiro atoms. The number of fused-ring (bicyclic) bond motifs is 1. The summed E-state index contributed by atoms with van der Waals surface area (Å²) in [6.45, 7) is 0.807. The van der Waals surface area contributed by atoms with Crippen LogP contribution in [0, 0.1) is 0 Å². The van der Waals surface area contributed by atoms with Crippen molar-refractivity contribution >= 4 is 16.8 Å². The van der Waals surface area contributed by atoms with Gasteiger partial charge in [0.1, 0.15) is 0 Å². The van der Waals surface area contributed by atoms with Crippen molar-refractivity contribution < 1.29 is 4.79 Å². The first-order chi connectivity index (χ1) is 11.1. The van der Waals surface area contributed by atoms with Gasteiger partial charge in [0.2, 0.25) is 0 Å². The van der Waals surface area contributed by atoms with E-state index in [1.165, 1.54) is 0 Å². The van der Waals surface area contributed by atoms with E-state index in [9.17, 15) is 4.79 Å². The Morgan fingerprint density at radius 3 is 2.83 bits per heavy atom. The Labute approximate surface area is 135 Å². The molecule has 2 aromatic heterocycles. The smallest absolute Gasteiger partial charge is 0.256 e. The molecular weight excluding hydrogens is 288 g/mol. The van der Waals surface area contributed by atoms with E-state index >= 15 is 0 Å². The normalized spacial score (nSPS) is 18.0. The summed E-state index contributed by atoms with van der Waals surface area (Å²) in [5, 5.41) is 5.28. The lowest BCUT2D eigenvalue weighted by atomic mass is 10.1. The largest absolute Gasteiger partial charge is 0.350 e. The topological polar surface area (TPSA) is 43.1 Å². The second-order valence-corrected chi connectivity index (χ2v) is 6.27. The minimum atomic E-state index is 0.119. The summed E-state index contributed by atoms with van der Waals surface area (Å²) in [6.07, 6.45) is 7.88. The van der Waals surface area contributed by atoms with E-state index in [1.54, 1.807) is 4.68 Å². The molecule has 3 aromatic rings. The van der Waals surface area contributed by atoms with E-state index in [0.29, 0.717) is 0 Å². The van der Waals surface area contributed by atoms with E-state index in [2.05, 4.69) is 11.2 Å². The molecule has 0 unspecified atom stereocenters. The second kappa shape index (κ2) is 5.26. The fraction of sp³-hybridized carbons (Fsp3) is 0.333. The quantitative estimate of drug-likeness (QED) is 0.730. The molecule has 5 heteroatoms. The molecule has 0 bridgehead atoms. The van der Waals surface area contributed by atoms with Crippen LogP contribution in [0.5, 0.6) is 0 Å². The van der Waals surface area contributed by atoms with E-state index in [4.69, 9.17) is 0 Å². The number of amides is 1. The van der Waals surface area contributed by atoms with E-state index in [-0.39, 0.29) is 11.9 Å². The van der Waals surface area contributed by atoms with Crippen LogP contribution in [0.1, 0.15) is 34.8 Å². The molecule has 23 heavy (non-hydrogen) atoms. The van der Waals surface area contributed by atoms with Crippen LogP contribution in [-0.4, -0.2) is 31.7 Å². The van der Waals surface area contributed by atoms with Crippen molar-refractivity contribution in [1.82, 2.24) is 19.2 Å². The van der Waals surface area contributed by atoms with Crippen molar-refractivity contribution in [1.29, 1.82) is 0 Å². The highest BCUT2D eigenvalue weighted by atomic mass is 16.2. The van der Waals surface area contributed by atoms with Gasteiger partial charge in [0.15, 0.2) is 0 Å². The van der Waals surface area contributed by atoms with Crippen LogP contribution in [-0.2, 0) is 14.1 Å². The Balaban J connectivity index is 1.72. The maximum Gasteiger partial charge on any atom is 0.256 e. The number of aromatic nitrogens is 3. The molecule has 0 N–H and O–H groups in total. The van der Waals surface area contributed by atoms with E-state index in [0.717, 1.165) is 41.4 Å². The highest BCUT2D eigenvalue weighted by Gasteiger charge is 2.32. The molecule has 1 fully saturated rings. The first kappa shape index (κ1) is 14.1. The van der Waals surface area contributed by atoms with E-state index < -0.39 is 0 Å². The summed E-state index contributed by atoms with van der Waals surface area (Å²) >= 11 is 0. The molecule has 1 aliphatic heterocycles. The first-order valence-corrected chi connectivity index (χ1v) is 7.99. The van der Waals surface area contributed by atoms with Gasteiger partial charge in [0.05, 0.1) is 17.8 Å². The van der Waals surface area contributed by atoms with E-state index in [1.807, 2.05) is 60.4 Å². The standard InChI is InChI=1S/C18H20N4O/c1-20-12-15(14-6-3-4-7-17(14)20)18(23)22-9-5-8-16(22)13-10-19-21(2)11-13/h3-4,6-7,10-12,16H,5,8-9H2,1-2H3/t16-/m0/s1. The van der Waals surface area contributed by atoms with Gasteiger partial charge in [-0.2, -0.15) is 5.10 Å². The zero-order valence-corrected chi connectivity index (χ0v) is 13.4. The van der Waals surface area contributed by atoms with Gasteiger partial charge in [-0.25, -0.2) is 0 Å². The van der Waals surface area contributed by atoms with Gasteiger partial charge >= 0.3 is 0 Å². The fourth-order valence-electron chi connectivity index (χ4n) is 3.64. The van der Waals surface area contributed by atoms with Crippen LogP contribution in [0.2, 0.25) is 0 Å². The average Bonchev–Trinajstić information content (AvgIpc) is 3.26. The number of benzene rings is 1. The summed E-state index contributed by atoms with van der Waals surface area (Å²) in [5.74, 6) is 0.119. The highest BCUT2D eigenvalue weighted by Crippen LogP contribution is 2.34. The maximum absolute atomic E-state index is 13.2. The Kier molecular flexibility index (Phi) is 3.22. The predicted molar refractivity (Wildman–Crippen MR) is 89.1 cm³/mol. The van der Waals surface area contributed by atoms with Gasteiger partial charge in [0.25, 0.3) is 5.91 Å². The molecular formula is C18H20N4O. The maximum atomic E-state index is 13.2. The number of para-hydroxylation sites is 1. The van der Waals surface area contributed by atoms with Crippen LogP contribution in [0.3, 0.4) is 0 Å². The van der Waals surface area contributed by atoms with Gasteiger partial charge in [-0.05, 0) is 18.9 Å². The zero-order chi connectivity index (χ0) is 16.0. The third-order valence-electron chi connectivity index (χ3n) is 4.75. The van der Waals surface area contributed by atoms with Gasteiger partial charge in [0, 0.05) is 49.5 Å².